The summed E-state index contributed by atoms with van der Waals surface area (Å²) in [6, 6.07) is 8.44. The van der Waals surface area contributed by atoms with Crippen molar-refractivity contribution in [1.82, 2.24) is 10.3 Å². The van der Waals surface area contributed by atoms with Gasteiger partial charge in [-0.25, -0.2) is 4.98 Å². The van der Waals surface area contributed by atoms with Crippen LogP contribution in [0.15, 0.2) is 29.6 Å². The van der Waals surface area contributed by atoms with Gasteiger partial charge in [-0.15, -0.1) is 11.3 Å². The number of aryl methyl sites for hydroxylation is 1. The second kappa shape index (κ2) is 6.26. The molecule has 21 heavy (non-hydrogen) atoms. The molecule has 3 rings (SSSR count). The Labute approximate surface area is 128 Å². The zero-order valence-electron chi connectivity index (χ0n) is 12.1. The maximum atomic E-state index is 12.1. The number of aromatic nitrogens is 1. The quantitative estimate of drug-likeness (QED) is 0.901. The molecule has 1 aromatic carbocycles. The second-order valence-electron chi connectivity index (χ2n) is 5.48. The Morgan fingerprint density at radius 1 is 1.24 bits per heavy atom. The van der Waals surface area contributed by atoms with Crippen molar-refractivity contribution < 1.29 is 4.79 Å². The summed E-state index contributed by atoms with van der Waals surface area (Å²) in [4.78, 5) is 16.5. The third-order valence-corrected chi connectivity index (χ3v) is 4.49. The van der Waals surface area contributed by atoms with Crippen LogP contribution in [0.4, 0.5) is 10.8 Å². The number of benzene rings is 1. The van der Waals surface area contributed by atoms with Gasteiger partial charge in [0.15, 0.2) is 5.13 Å². The molecule has 4 nitrogen and oxygen atoms in total. The minimum absolute atomic E-state index is 0.0601. The van der Waals surface area contributed by atoms with Gasteiger partial charge in [0.2, 0.25) is 0 Å². The second-order valence-corrected chi connectivity index (χ2v) is 6.34. The third kappa shape index (κ3) is 3.61. The largest absolute Gasteiger partial charge is 0.348 e. The molecule has 0 atom stereocenters. The smallest absolute Gasteiger partial charge is 0.271 e. The summed E-state index contributed by atoms with van der Waals surface area (Å²) < 4.78 is 0. The monoisotopic (exact) mass is 301 g/mol. The van der Waals surface area contributed by atoms with E-state index in [1.165, 1.54) is 29.7 Å². The maximum Gasteiger partial charge on any atom is 0.271 e. The average molecular weight is 301 g/mol. The van der Waals surface area contributed by atoms with Gasteiger partial charge in [0.1, 0.15) is 5.69 Å². The van der Waals surface area contributed by atoms with Gasteiger partial charge >= 0.3 is 0 Å². The molecule has 0 unspecified atom stereocenters. The molecule has 1 aliphatic rings. The van der Waals surface area contributed by atoms with E-state index in [9.17, 15) is 4.79 Å². The molecule has 2 N–H and O–H groups in total. The van der Waals surface area contributed by atoms with Gasteiger partial charge in [-0.2, -0.15) is 0 Å². The molecule has 5 heteroatoms. The van der Waals surface area contributed by atoms with Crippen LogP contribution in [-0.2, 0) is 0 Å². The average Bonchev–Trinajstić information content (AvgIpc) is 3.13. The van der Waals surface area contributed by atoms with Crippen LogP contribution in [-0.4, -0.2) is 16.9 Å². The maximum absolute atomic E-state index is 12.1. The molecule has 1 saturated carbocycles. The van der Waals surface area contributed by atoms with E-state index in [-0.39, 0.29) is 5.91 Å². The minimum Gasteiger partial charge on any atom is -0.348 e. The van der Waals surface area contributed by atoms with E-state index in [0.29, 0.717) is 11.7 Å². The van der Waals surface area contributed by atoms with Crippen molar-refractivity contribution in [2.24, 2.45) is 0 Å². The number of rotatable bonds is 4. The van der Waals surface area contributed by atoms with Crippen LogP contribution < -0.4 is 10.6 Å². The number of thiazole rings is 1. The zero-order chi connectivity index (χ0) is 14.7. The Kier molecular flexibility index (Phi) is 4.20. The van der Waals surface area contributed by atoms with Crippen LogP contribution in [0.3, 0.4) is 0 Å². The van der Waals surface area contributed by atoms with E-state index in [1.54, 1.807) is 5.38 Å². The van der Waals surface area contributed by atoms with Crippen LogP contribution in [0.5, 0.6) is 0 Å². The molecule has 0 radical (unpaired) electrons. The van der Waals surface area contributed by atoms with Gasteiger partial charge in [0, 0.05) is 17.1 Å². The van der Waals surface area contributed by atoms with Crippen molar-refractivity contribution in [2.45, 2.75) is 38.6 Å². The van der Waals surface area contributed by atoms with E-state index in [0.717, 1.165) is 23.7 Å². The fraction of sp³-hybridized carbons (Fsp3) is 0.375. The highest BCUT2D eigenvalue weighted by Crippen LogP contribution is 2.22. The molecule has 1 aromatic heterocycles. The number of carbonyl (C=O) groups excluding carboxylic acids is 1. The summed E-state index contributed by atoms with van der Waals surface area (Å²) in [5.74, 6) is -0.0601. The third-order valence-electron chi connectivity index (χ3n) is 3.73. The first-order chi connectivity index (χ1) is 10.2. The highest BCUT2D eigenvalue weighted by Gasteiger charge is 2.19. The summed E-state index contributed by atoms with van der Waals surface area (Å²) in [5, 5.41) is 8.84. The number of anilines is 2. The van der Waals surface area contributed by atoms with Crippen molar-refractivity contribution in [1.29, 1.82) is 0 Å². The molecule has 1 amide bonds. The standard InChI is InChI=1S/C16H19N3OS/c1-11-6-8-13(9-7-11)18-16-19-14(10-21-16)15(20)17-12-4-2-3-5-12/h6-10,12H,2-5H2,1H3,(H,17,20)(H,18,19). The predicted molar refractivity (Wildman–Crippen MR) is 86.3 cm³/mol. The van der Waals surface area contributed by atoms with Gasteiger partial charge in [0.25, 0.3) is 5.91 Å². The molecule has 110 valence electrons. The van der Waals surface area contributed by atoms with E-state index in [1.807, 2.05) is 24.3 Å². The van der Waals surface area contributed by atoms with Crippen LogP contribution in [0.1, 0.15) is 41.7 Å². The predicted octanol–water partition coefficient (Wildman–Crippen LogP) is 3.87. The minimum atomic E-state index is -0.0601. The number of hydrogen-bond donors (Lipinski definition) is 2. The molecule has 1 aliphatic carbocycles. The van der Waals surface area contributed by atoms with Gasteiger partial charge in [-0.05, 0) is 31.9 Å². The summed E-state index contributed by atoms with van der Waals surface area (Å²) in [5.41, 5.74) is 2.70. The number of nitrogens with zero attached hydrogens (tertiary/aromatic N) is 1. The Balaban J connectivity index is 1.62. The zero-order valence-corrected chi connectivity index (χ0v) is 12.9. The normalized spacial score (nSPS) is 15.1. The lowest BCUT2D eigenvalue weighted by molar-refractivity contribution is 0.0933. The van der Waals surface area contributed by atoms with E-state index >= 15 is 0 Å². The van der Waals surface area contributed by atoms with Crippen molar-refractivity contribution >= 4 is 28.1 Å². The molecule has 0 aliphatic heterocycles. The van der Waals surface area contributed by atoms with Crippen molar-refractivity contribution in [3.05, 3.63) is 40.9 Å². The number of carbonyl (C=O) groups is 1. The number of amides is 1. The van der Waals surface area contributed by atoms with Gasteiger partial charge in [0.05, 0.1) is 0 Å². The first-order valence-electron chi connectivity index (χ1n) is 7.31. The molecule has 2 aromatic rings. The number of hydrogen-bond acceptors (Lipinski definition) is 4. The summed E-state index contributed by atoms with van der Waals surface area (Å²) >= 11 is 1.45. The van der Waals surface area contributed by atoms with Crippen molar-refractivity contribution in [3.8, 4) is 0 Å². The molecule has 1 heterocycles. The topological polar surface area (TPSA) is 54.0 Å². The summed E-state index contributed by atoms with van der Waals surface area (Å²) in [7, 11) is 0. The highest BCUT2D eigenvalue weighted by molar-refractivity contribution is 7.14. The van der Waals surface area contributed by atoms with E-state index < -0.39 is 0 Å². The fourth-order valence-electron chi connectivity index (χ4n) is 2.53. The summed E-state index contributed by atoms with van der Waals surface area (Å²) in [6.45, 7) is 2.05. The Hall–Kier alpha value is -1.88. The molecule has 0 spiro atoms. The molecular formula is C16H19N3OS. The van der Waals surface area contributed by atoms with Crippen molar-refractivity contribution in [3.63, 3.8) is 0 Å². The molecule has 0 bridgehead atoms. The van der Waals surface area contributed by atoms with Crippen LogP contribution in [0.2, 0.25) is 0 Å². The highest BCUT2D eigenvalue weighted by atomic mass is 32.1. The first-order valence-corrected chi connectivity index (χ1v) is 8.19. The lowest BCUT2D eigenvalue weighted by Crippen LogP contribution is -2.32. The van der Waals surface area contributed by atoms with Crippen LogP contribution in [0, 0.1) is 6.92 Å². The Morgan fingerprint density at radius 3 is 2.67 bits per heavy atom. The van der Waals surface area contributed by atoms with Gasteiger partial charge in [-0.3, -0.25) is 4.79 Å². The molecule has 1 fully saturated rings. The lowest BCUT2D eigenvalue weighted by Gasteiger charge is -2.09. The summed E-state index contributed by atoms with van der Waals surface area (Å²) in [6.07, 6.45) is 4.60. The SMILES string of the molecule is Cc1ccc(Nc2nc(C(=O)NC3CCCC3)cs2)cc1. The van der Waals surface area contributed by atoms with Gasteiger partial charge < -0.3 is 10.6 Å². The molecular weight excluding hydrogens is 282 g/mol. The number of nitrogens with one attached hydrogen (secondary N) is 2. The van der Waals surface area contributed by atoms with Gasteiger partial charge in [-0.1, -0.05) is 30.5 Å². The van der Waals surface area contributed by atoms with E-state index in [2.05, 4.69) is 22.5 Å². The fourth-order valence-corrected chi connectivity index (χ4v) is 3.24. The van der Waals surface area contributed by atoms with Crippen molar-refractivity contribution in [2.75, 3.05) is 5.32 Å². The Bertz CT molecular complexity index is 615. The van der Waals surface area contributed by atoms with Crippen LogP contribution in [0.25, 0.3) is 0 Å². The Morgan fingerprint density at radius 2 is 1.95 bits per heavy atom. The lowest BCUT2D eigenvalue weighted by atomic mass is 10.2. The first kappa shape index (κ1) is 14.1. The van der Waals surface area contributed by atoms with E-state index in [4.69, 9.17) is 0 Å². The molecule has 0 saturated heterocycles. The van der Waals surface area contributed by atoms with Crippen LogP contribution >= 0.6 is 11.3 Å².